The smallest absolute Gasteiger partial charge is 0.0366 e. The molecule has 0 saturated carbocycles. The van der Waals surface area contributed by atoms with Crippen molar-refractivity contribution in [1.82, 2.24) is 0 Å². The van der Waals surface area contributed by atoms with Crippen LogP contribution in [0.15, 0.2) is 24.3 Å². The molecule has 1 nitrogen and oxygen atoms in total. The molecule has 0 spiro atoms. The summed E-state index contributed by atoms with van der Waals surface area (Å²) in [6.45, 7) is 11.2. The van der Waals surface area contributed by atoms with Crippen molar-refractivity contribution in [3.05, 3.63) is 29.8 Å². The highest BCUT2D eigenvalue weighted by Crippen LogP contribution is 2.31. The van der Waals surface area contributed by atoms with Crippen LogP contribution in [-0.2, 0) is 0 Å². The Balaban J connectivity index is 2.86. The van der Waals surface area contributed by atoms with Gasteiger partial charge in [-0.2, -0.15) is 0 Å². The van der Waals surface area contributed by atoms with Gasteiger partial charge in [-0.05, 0) is 44.2 Å². The number of nitrogens with zero attached hydrogens (tertiary/aromatic N) is 1. The van der Waals surface area contributed by atoms with Crippen LogP contribution in [0.1, 0.15) is 39.2 Å². The maximum Gasteiger partial charge on any atom is 0.0366 e. The predicted molar refractivity (Wildman–Crippen MR) is 85.9 cm³/mol. The highest BCUT2D eigenvalue weighted by molar-refractivity contribution is 9.09. The number of hydrogen-bond donors (Lipinski definition) is 0. The predicted octanol–water partition coefficient (Wildman–Crippen LogP) is 5.02. The molecule has 18 heavy (non-hydrogen) atoms. The van der Waals surface area contributed by atoms with Gasteiger partial charge in [-0.3, -0.25) is 0 Å². The van der Waals surface area contributed by atoms with Crippen molar-refractivity contribution < 1.29 is 0 Å². The van der Waals surface area contributed by atoms with Crippen LogP contribution in [0.5, 0.6) is 0 Å². The zero-order valence-electron chi connectivity index (χ0n) is 12.2. The normalized spacial score (nSPS) is 11.6. The van der Waals surface area contributed by atoms with Gasteiger partial charge in [0.2, 0.25) is 0 Å². The summed E-state index contributed by atoms with van der Waals surface area (Å²) in [6, 6.07) is 8.88. The lowest BCUT2D eigenvalue weighted by Crippen LogP contribution is -2.38. The van der Waals surface area contributed by atoms with E-state index in [0.29, 0.717) is 5.41 Å². The Morgan fingerprint density at radius 3 is 2.00 bits per heavy atom. The molecule has 0 aromatic heterocycles. The van der Waals surface area contributed by atoms with Crippen LogP contribution in [0.4, 0.5) is 5.69 Å². The number of benzene rings is 1. The molecule has 1 aromatic rings. The lowest BCUT2D eigenvalue weighted by molar-refractivity contribution is 0.312. The summed E-state index contributed by atoms with van der Waals surface area (Å²) >= 11 is 3.71. The molecule has 1 aromatic carbocycles. The minimum atomic E-state index is 0.390. The molecule has 0 heterocycles. The van der Waals surface area contributed by atoms with E-state index in [1.165, 1.54) is 24.1 Å². The number of alkyl halides is 1. The van der Waals surface area contributed by atoms with Crippen LogP contribution in [0.2, 0.25) is 0 Å². The number of rotatable bonds is 7. The highest BCUT2D eigenvalue weighted by atomic mass is 79.9. The monoisotopic (exact) mass is 311 g/mol. The quantitative estimate of drug-likeness (QED) is 0.639. The molecule has 0 N–H and O–H groups in total. The molecule has 0 saturated heterocycles. The van der Waals surface area contributed by atoms with Crippen LogP contribution in [0.3, 0.4) is 0 Å². The van der Waals surface area contributed by atoms with E-state index in [2.05, 4.69) is 72.8 Å². The van der Waals surface area contributed by atoms with Crippen molar-refractivity contribution in [3.63, 3.8) is 0 Å². The van der Waals surface area contributed by atoms with E-state index in [1.54, 1.807) is 0 Å². The Morgan fingerprint density at radius 2 is 1.61 bits per heavy atom. The van der Waals surface area contributed by atoms with Crippen LogP contribution < -0.4 is 4.90 Å². The molecule has 2 heteroatoms. The van der Waals surface area contributed by atoms with E-state index in [0.717, 1.165) is 18.4 Å². The lowest BCUT2D eigenvalue weighted by atomic mass is 9.84. The Morgan fingerprint density at radius 1 is 1.06 bits per heavy atom. The van der Waals surface area contributed by atoms with Crippen molar-refractivity contribution in [2.45, 2.75) is 40.5 Å². The molecule has 102 valence electrons. The third kappa shape index (κ3) is 3.74. The van der Waals surface area contributed by atoms with Gasteiger partial charge in [-0.15, -0.1) is 0 Å². The van der Waals surface area contributed by atoms with Gasteiger partial charge in [0.1, 0.15) is 0 Å². The van der Waals surface area contributed by atoms with Gasteiger partial charge < -0.3 is 4.90 Å². The minimum absolute atomic E-state index is 0.390. The van der Waals surface area contributed by atoms with E-state index >= 15 is 0 Å². The summed E-state index contributed by atoms with van der Waals surface area (Å²) in [4.78, 5) is 2.49. The molecule has 0 aliphatic heterocycles. The fourth-order valence-corrected chi connectivity index (χ4v) is 3.22. The summed E-state index contributed by atoms with van der Waals surface area (Å²) in [7, 11) is 0. The maximum atomic E-state index is 3.71. The van der Waals surface area contributed by atoms with Crippen molar-refractivity contribution >= 4 is 21.6 Å². The summed E-state index contributed by atoms with van der Waals surface area (Å²) < 4.78 is 0. The van der Waals surface area contributed by atoms with Crippen molar-refractivity contribution in [1.29, 1.82) is 0 Å². The fraction of sp³-hybridized carbons (Fsp3) is 0.625. The Kier molecular flexibility index (Phi) is 6.20. The molecule has 0 amide bonds. The third-order valence-electron chi connectivity index (χ3n) is 4.09. The van der Waals surface area contributed by atoms with Gasteiger partial charge in [0.25, 0.3) is 0 Å². The Hall–Kier alpha value is -0.500. The average Bonchev–Trinajstić information content (AvgIpc) is 2.42. The van der Waals surface area contributed by atoms with Crippen LogP contribution in [-0.4, -0.2) is 18.4 Å². The Labute approximate surface area is 121 Å². The maximum absolute atomic E-state index is 3.71. The summed E-state index contributed by atoms with van der Waals surface area (Å²) in [6.07, 6.45) is 2.44. The second kappa shape index (κ2) is 7.18. The van der Waals surface area contributed by atoms with E-state index < -0.39 is 0 Å². The van der Waals surface area contributed by atoms with Crippen LogP contribution >= 0.6 is 15.9 Å². The number of halogens is 1. The molecular weight excluding hydrogens is 286 g/mol. The first-order valence-corrected chi connectivity index (χ1v) is 8.10. The zero-order valence-corrected chi connectivity index (χ0v) is 13.8. The summed E-state index contributed by atoms with van der Waals surface area (Å²) in [5, 5.41) is 1.08. The first-order chi connectivity index (χ1) is 8.60. The molecule has 0 radical (unpaired) electrons. The van der Waals surface area contributed by atoms with E-state index in [9.17, 15) is 0 Å². The van der Waals surface area contributed by atoms with Crippen molar-refractivity contribution in [2.24, 2.45) is 5.41 Å². The van der Waals surface area contributed by atoms with Gasteiger partial charge in [0.05, 0.1) is 0 Å². The van der Waals surface area contributed by atoms with Gasteiger partial charge in [0.15, 0.2) is 0 Å². The third-order valence-corrected chi connectivity index (χ3v) is 5.28. The van der Waals surface area contributed by atoms with E-state index in [-0.39, 0.29) is 0 Å². The molecular formula is C16H26BrN. The van der Waals surface area contributed by atoms with Crippen LogP contribution in [0, 0.1) is 12.3 Å². The van der Waals surface area contributed by atoms with Crippen molar-refractivity contribution in [2.75, 3.05) is 23.3 Å². The zero-order chi connectivity index (χ0) is 13.6. The number of anilines is 1. The van der Waals surface area contributed by atoms with Crippen LogP contribution in [0.25, 0.3) is 0 Å². The second-order valence-electron chi connectivity index (χ2n) is 5.19. The van der Waals surface area contributed by atoms with Gasteiger partial charge >= 0.3 is 0 Å². The molecule has 1 rings (SSSR count). The van der Waals surface area contributed by atoms with Crippen molar-refractivity contribution in [3.8, 4) is 0 Å². The molecule has 0 aliphatic carbocycles. The molecule has 0 atom stereocenters. The van der Waals surface area contributed by atoms with E-state index in [4.69, 9.17) is 0 Å². The number of aryl methyl sites for hydroxylation is 1. The second-order valence-corrected chi connectivity index (χ2v) is 5.75. The largest absolute Gasteiger partial charge is 0.371 e. The van der Waals surface area contributed by atoms with E-state index in [1.807, 2.05) is 0 Å². The summed E-state index contributed by atoms with van der Waals surface area (Å²) in [5.41, 5.74) is 3.06. The first-order valence-electron chi connectivity index (χ1n) is 6.98. The molecule has 0 fully saturated rings. The topological polar surface area (TPSA) is 3.24 Å². The summed E-state index contributed by atoms with van der Waals surface area (Å²) in [5.74, 6) is 0. The van der Waals surface area contributed by atoms with Gasteiger partial charge in [0, 0.05) is 24.1 Å². The van der Waals surface area contributed by atoms with Gasteiger partial charge in [-0.1, -0.05) is 47.5 Å². The average molecular weight is 312 g/mol. The SMILES string of the molecule is CCN(CC(CC)(CC)CBr)c1ccc(C)cc1. The number of hydrogen-bond acceptors (Lipinski definition) is 1. The minimum Gasteiger partial charge on any atom is -0.371 e. The lowest BCUT2D eigenvalue weighted by Gasteiger charge is -2.36. The fourth-order valence-electron chi connectivity index (χ4n) is 2.25. The molecule has 0 bridgehead atoms. The molecule has 0 unspecified atom stereocenters. The molecule has 0 aliphatic rings. The highest BCUT2D eigenvalue weighted by Gasteiger charge is 2.27. The first kappa shape index (κ1) is 15.6. The Bertz CT molecular complexity index is 332. The van der Waals surface area contributed by atoms with Gasteiger partial charge in [-0.25, -0.2) is 0 Å². The standard InChI is InChI=1S/C16H26BrN/c1-5-16(6-2,12-17)13-18(7-3)15-10-8-14(4)9-11-15/h8-11H,5-7,12-13H2,1-4H3.